The molecule has 104 valence electrons. The summed E-state index contributed by atoms with van der Waals surface area (Å²) in [6, 6.07) is 17.1. The highest BCUT2D eigenvalue weighted by molar-refractivity contribution is 5.36. The Morgan fingerprint density at radius 1 is 0.950 bits per heavy atom. The highest BCUT2D eigenvalue weighted by Gasteiger charge is 2.34. The largest absolute Gasteiger partial charge is 0.389 e. The van der Waals surface area contributed by atoms with Crippen molar-refractivity contribution in [2.45, 2.75) is 44.6 Å². The van der Waals surface area contributed by atoms with Crippen LogP contribution < -0.4 is 0 Å². The first-order valence-electron chi connectivity index (χ1n) is 7.44. The predicted molar refractivity (Wildman–Crippen MR) is 83.0 cm³/mol. The van der Waals surface area contributed by atoms with E-state index in [1.807, 2.05) is 0 Å². The Hall–Kier alpha value is -1.60. The van der Waals surface area contributed by atoms with E-state index in [1.165, 1.54) is 22.3 Å². The van der Waals surface area contributed by atoms with E-state index in [0.29, 0.717) is 5.92 Å². The smallest absolute Gasteiger partial charge is 0.0768 e. The quantitative estimate of drug-likeness (QED) is 0.893. The molecule has 2 aromatic carbocycles. The Labute approximate surface area is 121 Å². The van der Waals surface area contributed by atoms with Crippen LogP contribution in [-0.4, -0.2) is 10.7 Å². The van der Waals surface area contributed by atoms with Gasteiger partial charge in [0.15, 0.2) is 0 Å². The minimum absolute atomic E-state index is 0.558. The molecule has 0 bridgehead atoms. The van der Waals surface area contributed by atoms with Crippen molar-refractivity contribution in [2.24, 2.45) is 0 Å². The number of rotatable bonds is 3. The Kier molecular flexibility index (Phi) is 3.39. The van der Waals surface area contributed by atoms with Crippen LogP contribution in [0.1, 0.15) is 42.0 Å². The Bertz CT molecular complexity index is 570. The molecule has 1 aliphatic rings. The summed E-state index contributed by atoms with van der Waals surface area (Å²) in [6.45, 7) is 4.41. The molecule has 3 rings (SSSR count). The van der Waals surface area contributed by atoms with Gasteiger partial charge in [-0.15, -0.1) is 0 Å². The molecule has 0 unspecified atom stereocenters. The number of benzene rings is 2. The zero-order valence-electron chi connectivity index (χ0n) is 12.3. The van der Waals surface area contributed by atoms with E-state index in [2.05, 4.69) is 62.4 Å². The van der Waals surface area contributed by atoms with Gasteiger partial charge >= 0.3 is 0 Å². The van der Waals surface area contributed by atoms with Crippen LogP contribution in [0.4, 0.5) is 0 Å². The van der Waals surface area contributed by atoms with E-state index in [1.54, 1.807) is 0 Å². The first-order chi connectivity index (χ1) is 9.56. The number of hydrogen-bond acceptors (Lipinski definition) is 1. The monoisotopic (exact) mass is 266 g/mol. The lowest BCUT2D eigenvalue weighted by molar-refractivity contribution is 0.0518. The second-order valence-electron chi connectivity index (χ2n) is 6.42. The molecule has 0 saturated carbocycles. The van der Waals surface area contributed by atoms with Crippen molar-refractivity contribution in [3.05, 3.63) is 70.8 Å². The molecule has 0 aliphatic heterocycles. The Morgan fingerprint density at radius 2 is 1.50 bits per heavy atom. The summed E-state index contributed by atoms with van der Waals surface area (Å²) >= 11 is 0. The van der Waals surface area contributed by atoms with Crippen molar-refractivity contribution in [3.63, 3.8) is 0 Å². The molecule has 1 heteroatoms. The highest BCUT2D eigenvalue weighted by atomic mass is 16.3. The lowest BCUT2D eigenvalue weighted by Gasteiger charge is -2.22. The molecule has 0 aromatic heterocycles. The molecule has 1 nitrogen and oxygen atoms in total. The standard InChI is InChI=1S/C19H22O/c1-14(2)16-9-7-15(8-10-16)11-19(20)12-17-5-3-4-6-18(17)13-19/h3-10,14,20H,11-13H2,1-2H3. The fourth-order valence-corrected chi connectivity index (χ4v) is 3.20. The van der Waals surface area contributed by atoms with Crippen LogP contribution in [0.3, 0.4) is 0 Å². The minimum atomic E-state index is -0.608. The highest BCUT2D eigenvalue weighted by Crippen LogP contribution is 2.32. The molecule has 0 fully saturated rings. The minimum Gasteiger partial charge on any atom is -0.389 e. The number of aliphatic hydroxyl groups is 1. The summed E-state index contributed by atoms with van der Waals surface area (Å²) in [5, 5.41) is 10.8. The summed E-state index contributed by atoms with van der Waals surface area (Å²) in [4.78, 5) is 0. The van der Waals surface area contributed by atoms with Gasteiger partial charge in [0.05, 0.1) is 5.60 Å². The first-order valence-corrected chi connectivity index (χ1v) is 7.44. The van der Waals surface area contributed by atoms with E-state index in [4.69, 9.17) is 0 Å². The molecular weight excluding hydrogens is 244 g/mol. The van der Waals surface area contributed by atoms with Crippen LogP contribution in [0.5, 0.6) is 0 Å². The third-order valence-corrected chi connectivity index (χ3v) is 4.34. The van der Waals surface area contributed by atoms with Gasteiger partial charge in [-0.1, -0.05) is 62.4 Å². The van der Waals surface area contributed by atoms with Gasteiger partial charge in [-0.3, -0.25) is 0 Å². The second-order valence-corrected chi connectivity index (χ2v) is 6.42. The molecular formula is C19H22O. The molecule has 0 amide bonds. The third-order valence-electron chi connectivity index (χ3n) is 4.34. The van der Waals surface area contributed by atoms with Crippen LogP contribution in [0.15, 0.2) is 48.5 Å². The van der Waals surface area contributed by atoms with Crippen molar-refractivity contribution in [3.8, 4) is 0 Å². The Balaban J connectivity index is 1.75. The number of fused-ring (bicyclic) bond motifs is 1. The molecule has 0 atom stereocenters. The van der Waals surface area contributed by atoms with Gasteiger partial charge in [0.25, 0.3) is 0 Å². The van der Waals surface area contributed by atoms with Crippen LogP contribution in [0.2, 0.25) is 0 Å². The maximum absolute atomic E-state index is 10.8. The maximum Gasteiger partial charge on any atom is 0.0768 e. The van der Waals surface area contributed by atoms with Crippen LogP contribution >= 0.6 is 0 Å². The van der Waals surface area contributed by atoms with Crippen molar-refractivity contribution >= 4 is 0 Å². The average Bonchev–Trinajstić information content (AvgIpc) is 2.75. The average molecular weight is 266 g/mol. The van der Waals surface area contributed by atoms with Gasteiger partial charge in [-0.05, 0) is 28.2 Å². The lowest BCUT2D eigenvalue weighted by atomic mass is 9.90. The third kappa shape index (κ3) is 2.64. The molecule has 0 saturated heterocycles. The maximum atomic E-state index is 10.8. The molecule has 0 spiro atoms. The van der Waals surface area contributed by atoms with Gasteiger partial charge < -0.3 is 5.11 Å². The first kappa shape index (κ1) is 13.4. The predicted octanol–water partition coefficient (Wildman–Crippen LogP) is 3.88. The summed E-state index contributed by atoms with van der Waals surface area (Å²) in [5.41, 5.74) is 4.58. The second kappa shape index (κ2) is 5.06. The van der Waals surface area contributed by atoms with Crippen molar-refractivity contribution in [1.82, 2.24) is 0 Å². The van der Waals surface area contributed by atoms with Gasteiger partial charge in [-0.2, -0.15) is 0 Å². The van der Waals surface area contributed by atoms with Crippen LogP contribution in [0.25, 0.3) is 0 Å². The fraction of sp³-hybridized carbons (Fsp3) is 0.368. The van der Waals surface area contributed by atoms with E-state index < -0.39 is 5.60 Å². The van der Waals surface area contributed by atoms with Crippen molar-refractivity contribution in [1.29, 1.82) is 0 Å². The summed E-state index contributed by atoms with van der Waals surface area (Å²) in [6.07, 6.45) is 2.28. The van der Waals surface area contributed by atoms with E-state index in [9.17, 15) is 5.11 Å². The van der Waals surface area contributed by atoms with Gasteiger partial charge in [0.2, 0.25) is 0 Å². The lowest BCUT2D eigenvalue weighted by Crippen LogP contribution is -2.32. The SMILES string of the molecule is CC(C)c1ccc(CC2(O)Cc3ccccc3C2)cc1. The van der Waals surface area contributed by atoms with E-state index >= 15 is 0 Å². The molecule has 2 aromatic rings. The normalized spacial score (nSPS) is 16.4. The van der Waals surface area contributed by atoms with Crippen molar-refractivity contribution < 1.29 is 5.11 Å². The topological polar surface area (TPSA) is 20.2 Å². The molecule has 20 heavy (non-hydrogen) atoms. The molecule has 1 N–H and O–H groups in total. The zero-order chi connectivity index (χ0) is 14.2. The van der Waals surface area contributed by atoms with Crippen LogP contribution in [-0.2, 0) is 19.3 Å². The molecule has 1 aliphatic carbocycles. The van der Waals surface area contributed by atoms with E-state index in [-0.39, 0.29) is 0 Å². The summed E-state index contributed by atoms with van der Waals surface area (Å²) in [7, 11) is 0. The van der Waals surface area contributed by atoms with Crippen LogP contribution in [0, 0.1) is 0 Å². The molecule has 0 radical (unpaired) electrons. The van der Waals surface area contributed by atoms with Crippen molar-refractivity contribution in [2.75, 3.05) is 0 Å². The number of hydrogen-bond donors (Lipinski definition) is 1. The molecule has 0 heterocycles. The van der Waals surface area contributed by atoms with Gasteiger partial charge in [-0.25, -0.2) is 0 Å². The summed E-state index contributed by atoms with van der Waals surface area (Å²) in [5.74, 6) is 0.558. The Morgan fingerprint density at radius 3 is 2.00 bits per heavy atom. The van der Waals surface area contributed by atoms with Gasteiger partial charge in [0.1, 0.15) is 0 Å². The zero-order valence-corrected chi connectivity index (χ0v) is 12.3. The van der Waals surface area contributed by atoms with E-state index in [0.717, 1.165) is 19.3 Å². The van der Waals surface area contributed by atoms with Gasteiger partial charge in [0, 0.05) is 19.3 Å². The fourth-order valence-electron chi connectivity index (χ4n) is 3.20. The summed E-state index contributed by atoms with van der Waals surface area (Å²) < 4.78 is 0.